The number of likely N-dealkylation sites (tertiary alicyclic amines) is 1. The average molecular weight is 286 g/mol. The van der Waals surface area contributed by atoms with Crippen LogP contribution in [0.25, 0.3) is 0 Å². The van der Waals surface area contributed by atoms with E-state index in [1.54, 1.807) is 0 Å². The summed E-state index contributed by atoms with van der Waals surface area (Å²) in [6, 6.07) is 9.74. The minimum atomic E-state index is 0.189. The van der Waals surface area contributed by atoms with Gasteiger partial charge in [-0.05, 0) is 57.1 Å². The molecule has 0 amide bonds. The zero-order valence-corrected chi connectivity index (χ0v) is 13.4. The molecule has 1 saturated carbocycles. The van der Waals surface area contributed by atoms with Gasteiger partial charge in [-0.15, -0.1) is 0 Å². The normalized spacial score (nSPS) is 28.1. The van der Waals surface area contributed by atoms with Crippen molar-refractivity contribution in [2.24, 2.45) is 11.7 Å². The maximum atomic E-state index is 6.42. The summed E-state index contributed by atoms with van der Waals surface area (Å²) in [6.45, 7) is 4.62. The van der Waals surface area contributed by atoms with Crippen LogP contribution in [-0.4, -0.2) is 24.0 Å². The summed E-state index contributed by atoms with van der Waals surface area (Å²) >= 11 is 0. The SMILES string of the molecule is Cc1cccc(C(N)CCN2CCC[C@H]3CCCC[C@H]32)c1. The lowest BCUT2D eigenvalue weighted by atomic mass is 9.78. The van der Waals surface area contributed by atoms with Gasteiger partial charge in [0.15, 0.2) is 0 Å². The summed E-state index contributed by atoms with van der Waals surface area (Å²) in [4.78, 5) is 2.75. The molecule has 2 aliphatic rings. The summed E-state index contributed by atoms with van der Waals surface area (Å²) in [7, 11) is 0. The lowest BCUT2D eigenvalue weighted by molar-refractivity contribution is 0.0586. The smallest absolute Gasteiger partial charge is 0.0307 e. The van der Waals surface area contributed by atoms with Crippen LogP contribution in [0.4, 0.5) is 0 Å². The molecule has 1 heterocycles. The third kappa shape index (κ3) is 3.67. The van der Waals surface area contributed by atoms with E-state index in [0.29, 0.717) is 0 Å². The van der Waals surface area contributed by atoms with Crippen LogP contribution in [-0.2, 0) is 0 Å². The molecule has 0 spiro atoms. The lowest BCUT2D eigenvalue weighted by Gasteiger charge is -2.44. The van der Waals surface area contributed by atoms with Crippen LogP contribution in [0.5, 0.6) is 0 Å². The van der Waals surface area contributed by atoms with Crippen molar-refractivity contribution in [2.75, 3.05) is 13.1 Å². The highest BCUT2D eigenvalue weighted by Gasteiger charge is 2.32. The van der Waals surface area contributed by atoms with E-state index in [9.17, 15) is 0 Å². The first-order valence-corrected chi connectivity index (χ1v) is 8.80. The number of aryl methyl sites for hydroxylation is 1. The summed E-state index contributed by atoms with van der Waals surface area (Å²) < 4.78 is 0. The van der Waals surface area contributed by atoms with Crippen LogP contribution in [0.1, 0.15) is 62.1 Å². The second kappa shape index (κ2) is 6.93. The van der Waals surface area contributed by atoms with Crippen LogP contribution in [0.3, 0.4) is 0 Å². The van der Waals surface area contributed by atoms with Crippen molar-refractivity contribution in [1.82, 2.24) is 4.90 Å². The molecule has 1 aromatic carbocycles. The molecule has 2 heteroatoms. The predicted octanol–water partition coefficient (Wildman–Crippen LogP) is 4.04. The first kappa shape index (κ1) is 15.1. The van der Waals surface area contributed by atoms with Gasteiger partial charge in [0, 0.05) is 18.6 Å². The second-order valence-corrected chi connectivity index (χ2v) is 7.10. The van der Waals surface area contributed by atoms with E-state index in [2.05, 4.69) is 36.1 Å². The number of benzene rings is 1. The zero-order valence-electron chi connectivity index (χ0n) is 13.4. The number of nitrogens with zero attached hydrogens (tertiary/aromatic N) is 1. The summed E-state index contributed by atoms with van der Waals surface area (Å²) in [5, 5.41) is 0. The Morgan fingerprint density at radius 1 is 1.19 bits per heavy atom. The highest BCUT2D eigenvalue weighted by atomic mass is 15.2. The first-order chi connectivity index (χ1) is 10.2. The van der Waals surface area contributed by atoms with Gasteiger partial charge in [-0.1, -0.05) is 42.7 Å². The Morgan fingerprint density at radius 3 is 2.86 bits per heavy atom. The maximum Gasteiger partial charge on any atom is 0.0307 e. The van der Waals surface area contributed by atoms with Crippen molar-refractivity contribution in [3.8, 4) is 0 Å². The molecule has 1 unspecified atom stereocenters. The molecule has 21 heavy (non-hydrogen) atoms. The van der Waals surface area contributed by atoms with Gasteiger partial charge in [0.2, 0.25) is 0 Å². The van der Waals surface area contributed by atoms with Gasteiger partial charge in [-0.3, -0.25) is 0 Å². The molecule has 1 aliphatic carbocycles. The molecule has 1 aliphatic heterocycles. The van der Waals surface area contributed by atoms with Crippen molar-refractivity contribution in [1.29, 1.82) is 0 Å². The molecular formula is C19H30N2. The Labute approximate surface area is 129 Å². The van der Waals surface area contributed by atoms with Gasteiger partial charge < -0.3 is 10.6 Å². The Hall–Kier alpha value is -0.860. The minimum Gasteiger partial charge on any atom is -0.324 e. The van der Waals surface area contributed by atoms with Crippen molar-refractivity contribution in [3.05, 3.63) is 35.4 Å². The predicted molar refractivity (Wildman–Crippen MR) is 89.3 cm³/mol. The Balaban J connectivity index is 1.56. The van der Waals surface area contributed by atoms with Gasteiger partial charge in [-0.2, -0.15) is 0 Å². The Kier molecular flexibility index (Phi) is 4.97. The molecule has 3 rings (SSSR count). The van der Waals surface area contributed by atoms with Crippen molar-refractivity contribution in [3.63, 3.8) is 0 Å². The number of piperidine rings is 1. The van der Waals surface area contributed by atoms with Crippen LogP contribution in [0.2, 0.25) is 0 Å². The average Bonchev–Trinajstić information content (AvgIpc) is 2.52. The molecule has 0 bridgehead atoms. The molecule has 0 aromatic heterocycles. The summed E-state index contributed by atoms with van der Waals surface area (Å²) in [6.07, 6.45) is 9.72. The van der Waals surface area contributed by atoms with Crippen molar-refractivity contribution in [2.45, 2.75) is 64.0 Å². The number of rotatable bonds is 4. The fourth-order valence-corrected chi connectivity index (χ4v) is 4.38. The Morgan fingerprint density at radius 2 is 2.00 bits per heavy atom. The minimum absolute atomic E-state index is 0.189. The molecule has 1 aromatic rings. The van der Waals surface area contributed by atoms with Crippen molar-refractivity contribution < 1.29 is 0 Å². The van der Waals surface area contributed by atoms with E-state index < -0.39 is 0 Å². The third-order valence-electron chi connectivity index (χ3n) is 5.56. The highest BCUT2D eigenvalue weighted by Crippen LogP contribution is 2.35. The molecule has 3 atom stereocenters. The third-order valence-corrected chi connectivity index (χ3v) is 5.56. The van der Waals surface area contributed by atoms with Crippen LogP contribution in [0.15, 0.2) is 24.3 Å². The number of hydrogen-bond donors (Lipinski definition) is 1. The summed E-state index contributed by atoms with van der Waals surface area (Å²) in [5.41, 5.74) is 9.03. The number of fused-ring (bicyclic) bond motifs is 1. The van der Waals surface area contributed by atoms with Crippen LogP contribution >= 0.6 is 0 Å². The molecule has 2 N–H and O–H groups in total. The summed E-state index contributed by atoms with van der Waals surface area (Å²) in [5.74, 6) is 0.975. The lowest BCUT2D eigenvalue weighted by Crippen LogP contribution is -2.47. The van der Waals surface area contributed by atoms with Crippen LogP contribution in [0, 0.1) is 12.8 Å². The van der Waals surface area contributed by atoms with E-state index in [-0.39, 0.29) is 6.04 Å². The standard InChI is InChI=1S/C19H30N2/c1-15-6-4-8-17(14-15)18(20)11-13-21-12-5-9-16-7-2-3-10-19(16)21/h4,6,8,14,16,18-19H,2-3,5,7,9-13,20H2,1H3/t16-,18?,19-/m1/s1. The van der Waals surface area contributed by atoms with E-state index >= 15 is 0 Å². The first-order valence-electron chi connectivity index (χ1n) is 8.80. The van der Waals surface area contributed by atoms with Gasteiger partial charge in [0.05, 0.1) is 0 Å². The van der Waals surface area contributed by atoms with E-state index in [4.69, 9.17) is 5.73 Å². The van der Waals surface area contributed by atoms with Crippen LogP contribution < -0.4 is 5.73 Å². The number of hydrogen-bond acceptors (Lipinski definition) is 2. The van der Waals surface area contributed by atoms with E-state index in [1.807, 2.05) is 0 Å². The fourth-order valence-electron chi connectivity index (χ4n) is 4.38. The monoisotopic (exact) mass is 286 g/mol. The quantitative estimate of drug-likeness (QED) is 0.905. The van der Waals surface area contributed by atoms with Gasteiger partial charge in [0.25, 0.3) is 0 Å². The maximum absolute atomic E-state index is 6.42. The second-order valence-electron chi connectivity index (χ2n) is 7.10. The molecule has 1 saturated heterocycles. The molecule has 0 radical (unpaired) electrons. The molecular weight excluding hydrogens is 256 g/mol. The Bertz CT molecular complexity index is 455. The molecule has 116 valence electrons. The molecule has 2 fully saturated rings. The van der Waals surface area contributed by atoms with E-state index in [1.165, 1.54) is 62.7 Å². The topological polar surface area (TPSA) is 29.3 Å². The number of nitrogens with two attached hydrogens (primary N) is 1. The van der Waals surface area contributed by atoms with Gasteiger partial charge in [-0.25, -0.2) is 0 Å². The zero-order chi connectivity index (χ0) is 14.7. The fraction of sp³-hybridized carbons (Fsp3) is 0.684. The van der Waals surface area contributed by atoms with E-state index in [0.717, 1.165) is 18.4 Å². The largest absolute Gasteiger partial charge is 0.324 e. The van der Waals surface area contributed by atoms with Gasteiger partial charge in [0.1, 0.15) is 0 Å². The van der Waals surface area contributed by atoms with Crippen molar-refractivity contribution >= 4 is 0 Å². The molecule has 2 nitrogen and oxygen atoms in total. The highest BCUT2D eigenvalue weighted by molar-refractivity contribution is 5.24. The van der Waals surface area contributed by atoms with Gasteiger partial charge >= 0.3 is 0 Å².